The molecule has 0 atom stereocenters. The Labute approximate surface area is 261 Å². The molecule has 0 bridgehead atoms. The van der Waals surface area contributed by atoms with Gasteiger partial charge in [0.15, 0.2) is 0 Å². The van der Waals surface area contributed by atoms with E-state index < -0.39 is 0 Å². The van der Waals surface area contributed by atoms with Crippen molar-refractivity contribution in [2.24, 2.45) is 0 Å². The van der Waals surface area contributed by atoms with Gasteiger partial charge in [0.2, 0.25) is 0 Å². The number of unbranched alkanes of at least 4 members (excludes halogenated alkanes) is 3. The summed E-state index contributed by atoms with van der Waals surface area (Å²) in [6.07, 6.45) is 4.79. The third kappa shape index (κ3) is 19.4. The minimum atomic E-state index is -0.215. The zero-order chi connectivity index (χ0) is 31.3. The van der Waals surface area contributed by atoms with Crippen LogP contribution in [0.3, 0.4) is 0 Å². The predicted octanol–water partition coefficient (Wildman–Crippen LogP) is 4.59. The quantitative estimate of drug-likeness (QED) is 0.104. The number of urea groups is 1. The van der Waals surface area contributed by atoms with Gasteiger partial charge in [-0.3, -0.25) is 4.79 Å². The highest BCUT2D eigenvalue weighted by molar-refractivity contribution is 5.89. The van der Waals surface area contributed by atoms with Gasteiger partial charge < -0.3 is 43.8 Å². The van der Waals surface area contributed by atoms with E-state index in [1.165, 1.54) is 0 Å². The molecule has 0 fully saturated rings. The second-order valence-corrected chi connectivity index (χ2v) is 9.78. The number of hydrogen-bond donors (Lipinski definition) is 2. The summed E-state index contributed by atoms with van der Waals surface area (Å²) >= 11 is 0. The molecule has 0 radical (unpaired) electrons. The van der Waals surface area contributed by atoms with Crippen molar-refractivity contribution in [2.75, 3.05) is 105 Å². The van der Waals surface area contributed by atoms with Crippen molar-refractivity contribution in [1.82, 2.24) is 5.32 Å². The van der Waals surface area contributed by atoms with Crippen LogP contribution in [0.5, 0.6) is 0 Å². The normalized spacial score (nSPS) is 11.0. The van der Waals surface area contributed by atoms with E-state index in [0.29, 0.717) is 98.0 Å². The lowest BCUT2D eigenvalue weighted by Gasteiger charge is -2.09. The number of anilines is 1. The SMILES string of the molecule is COCCOCCOCCOCCOCCOCCOCCCCCCNC(=O)Nc1ccc(-c2ccc(C=O)cc2)cc1. The first kappa shape index (κ1) is 37.3. The molecule has 0 heterocycles. The largest absolute Gasteiger partial charge is 0.382 e. The summed E-state index contributed by atoms with van der Waals surface area (Å²) in [5, 5.41) is 5.75. The first-order chi connectivity index (χ1) is 21.7. The Bertz CT molecular complexity index is 974. The number of rotatable bonds is 28. The fourth-order valence-corrected chi connectivity index (χ4v) is 3.90. The van der Waals surface area contributed by atoms with Crippen LogP contribution in [0.4, 0.5) is 10.5 Å². The topological polar surface area (TPSA) is 123 Å². The highest BCUT2D eigenvalue weighted by atomic mass is 16.6. The van der Waals surface area contributed by atoms with E-state index in [2.05, 4.69) is 10.6 Å². The summed E-state index contributed by atoms with van der Waals surface area (Å²) in [7, 11) is 1.64. The molecule has 0 saturated heterocycles. The van der Waals surface area contributed by atoms with E-state index >= 15 is 0 Å². The molecule has 11 heteroatoms. The Kier molecular flexibility index (Phi) is 22.5. The van der Waals surface area contributed by atoms with Gasteiger partial charge in [-0.15, -0.1) is 0 Å². The number of benzene rings is 2. The van der Waals surface area contributed by atoms with Crippen LogP contribution in [0.15, 0.2) is 48.5 Å². The van der Waals surface area contributed by atoms with E-state index in [9.17, 15) is 9.59 Å². The third-order valence-electron chi connectivity index (χ3n) is 6.32. The van der Waals surface area contributed by atoms with E-state index in [1.807, 2.05) is 36.4 Å². The Morgan fingerprint density at radius 2 is 1.00 bits per heavy atom. The number of aldehydes is 1. The number of hydrogen-bond acceptors (Lipinski definition) is 9. The van der Waals surface area contributed by atoms with Gasteiger partial charge >= 0.3 is 6.03 Å². The molecule has 2 amide bonds. The Hall–Kier alpha value is -2.90. The number of ether oxygens (including phenoxy) is 7. The molecule has 0 aliphatic heterocycles. The Morgan fingerprint density at radius 1 is 0.568 bits per heavy atom. The number of nitrogens with one attached hydrogen (secondary N) is 2. The highest BCUT2D eigenvalue weighted by Crippen LogP contribution is 2.21. The van der Waals surface area contributed by atoms with Gasteiger partial charge in [-0.1, -0.05) is 49.2 Å². The van der Waals surface area contributed by atoms with E-state index in [0.717, 1.165) is 48.8 Å². The first-order valence-electron chi connectivity index (χ1n) is 15.4. The summed E-state index contributed by atoms with van der Waals surface area (Å²) in [6, 6.07) is 14.8. The summed E-state index contributed by atoms with van der Waals surface area (Å²) in [5.41, 5.74) is 3.40. The summed E-state index contributed by atoms with van der Waals surface area (Å²) in [5.74, 6) is 0. The zero-order valence-corrected chi connectivity index (χ0v) is 26.1. The average Bonchev–Trinajstić information content (AvgIpc) is 3.05. The number of carbonyl (C=O) groups excluding carboxylic acids is 2. The zero-order valence-electron chi connectivity index (χ0n) is 26.1. The standard InChI is InChI=1S/C33H50N2O9/c1-38-16-17-40-20-21-42-24-25-44-27-26-43-23-22-41-19-18-39-15-5-3-2-4-14-34-33(37)35-32-12-10-31(11-13-32)30-8-6-29(28-36)7-9-30/h6-13,28H,2-5,14-27H2,1H3,(H2,34,35,37). The van der Waals surface area contributed by atoms with E-state index in [4.69, 9.17) is 33.2 Å². The van der Waals surface area contributed by atoms with Crippen LogP contribution >= 0.6 is 0 Å². The van der Waals surface area contributed by atoms with Gasteiger partial charge in [0, 0.05) is 31.5 Å². The molecule has 0 aromatic heterocycles. The lowest BCUT2D eigenvalue weighted by molar-refractivity contribution is -0.0191. The van der Waals surface area contributed by atoms with Crippen molar-refractivity contribution < 1.29 is 42.7 Å². The van der Waals surface area contributed by atoms with E-state index in [1.54, 1.807) is 19.2 Å². The smallest absolute Gasteiger partial charge is 0.319 e. The summed E-state index contributed by atoms with van der Waals surface area (Å²) < 4.78 is 37.6. The van der Waals surface area contributed by atoms with E-state index in [-0.39, 0.29) is 6.03 Å². The fraction of sp³-hybridized carbons (Fsp3) is 0.576. The molecule has 246 valence electrons. The van der Waals surface area contributed by atoms with Crippen molar-refractivity contribution in [3.63, 3.8) is 0 Å². The Balaban J connectivity index is 1.29. The highest BCUT2D eigenvalue weighted by Gasteiger charge is 2.03. The van der Waals surface area contributed by atoms with Crippen LogP contribution in [0.1, 0.15) is 36.0 Å². The van der Waals surface area contributed by atoms with Crippen molar-refractivity contribution in [3.8, 4) is 11.1 Å². The second-order valence-electron chi connectivity index (χ2n) is 9.78. The molecule has 11 nitrogen and oxygen atoms in total. The first-order valence-corrected chi connectivity index (χ1v) is 15.4. The molecular weight excluding hydrogens is 568 g/mol. The van der Waals surface area contributed by atoms with Gasteiger partial charge in [0.05, 0.1) is 79.3 Å². The number of carbonyl (C=O) groups is 2. The molecule has 2 rings (SSSR count). The lowest BCUT2D eigenvalue weighted by Crippen LogP contribution is -2.29. The lowest BCUT2D eigenvalue weighted by atomic mass is 10.0. The van der Waals surface area contributed by atoms with Crippen LogP contribution in [0.2, 0.25) is 0 Å². The van der Waals surface area contributed by atoms with Gasteiger partial charge in [0.1, 0.15) is 6.29 Å². The molecular formula is C33H50N2O9. The predicted molar refractivity (Wildman–Crippen MR) is 170 cm³/mol. The van der Waals surface area contributed by atoms with Gasteiger partial charge in [-0.2, -0.15) is 0 Å². The third-order valence-corrected chi connectivity index (χ3v) is 6.32. The monoisotopic (exact) mass is 618 g/mol. The van der Waals surface area contributed by atoms with Crippen molar-refractivity contribution >= 4 is 18.0 Å². The number of methoxy groups -OCH3 is 1. The molecule has 0 spiro atoms. The molecule has 0 unspecified atom stereocenters. The van der Waals surface area contributed by atoms with Crippen LogP contribution in [0.25, 0.3) is 11.1 Å². The van der Waals surface area contributed by atoms with Crippen LogP contribution < -0.4 is 10.6 Å². The van der Waals surface area contributed by atoms with Crippen molar-refractivity contribution in [3.05, 3.63) is 54.1 Å². The van der Waals surface area contributed by atoms with Gasteiger partial charge in [-0.05, 0) is 36.1 Å². The average molecular weight is 619 g/mol. The Morgan fingerprint density at radius 3 is 1.48 bits per heavy atom. The van der Waals surface area contributed by atoms with Gasteiger partial charge in [0.25, 0.3) is 0 Å². The van der Waals surface area contributed by atoms with Crippen molar-refractivity contribution in [2.45, 2.75) is 25.7 Å². The maximum Gasteiger partial charge on any atom is 0.319 e. The van der Waals surface area contributed by atoms with Gasteiger partial charge in [-0.25, -0.2) is 4.79 Å². The number of amides is 2. The molecule has 2 aromatic carbocycles. The minimum Gasteiger partial charge on any atom is -0.382 e. The maximum atomic E-state index is 12.2. The van der Waals surface area contributed by atoms with Crippen LogP contribution in [0, 0.1) is 0 Å². The molecule has 0 saturated carbocycles. The molecule has 0 aliphatic rings. The maximum absolute atomic E-state index is 12.2. The molecule has 2 aromatic rings. The summed E-state index contributed by atoms with van der Waals surface area (Å²) in [6.45, 7) is 7.87. The molecule has 44 heavy (non-hydrogen) atoms. The van der Waals surface area contributed by atoms with Crippen molar-refractivity contribution in [1.29, 1.82) is 0 Å². The van der Waals surface area contributed by atoms with Crippen LogP contribution in [-0.4, -0.2) is 112 Å². The minimum absolute atomic E-state index is 0.215. The second kappa shape index (κ2) is 26.5. The fourth-order valence-electron chi connectivity index (χ4n) is 3.90. The summed E-state index contributed by atoms with van der Waals surface area (Å²) in [4.78, 5) is 23.0. The molecule has 2 N–H and O–H groups in total. The van der Waals surface area contributed by atoms with Crippen LogP contribution in [-0.2, 0) is 33.2 Å². The molecule has 0 aliphatic carbocycles.